The molecule has 0 aromatic rings. The molecule has 0 saturated carbocycles. The fourth-order valence-electron chi connectivity index (χ4n) is 1.17. The fraction of sp³-hybridized carbons (Fsp3) is 0.636. The Balaban J connectivity index is 4.21. The van der Waals surface area contributed by atoms with Gasteiger partial charge in [0.25, 0.3) is 0 Å². The van der Waals surface area contributed by atoms with E-state index in [0.717, 1.165) is 6.42 Å². The summed E-state index contributed by atoms with van der Waals surface area (Å²) >= 11 is 0. The number of carbonyl (C=O) groups excluding carboxylic acids is 2. The van der Waals surface area contributed by atoms with Crippen molar-refractivity contribution in [3.8, 4) is 0 Å². The molecule has 4 nitrogen and oxygen atoms in total. The zero-order chi connectivity index (χ0) is 11.8. The van der Waals surface area contributed by atoms with Crippen molar-refractivity contribution < 1.29 is 14.3 Å². The summed E-state index contributed by atoms with van der Waals surface area (Å²) in [5, 5.41) is 0. The molecule has 0 heterocycles. The molecule has 1 amide bonds. The van der Waals surface area contributed by atoms with Crippen LogP contribution in [0.1, 0.15) is 27.2 Å². The monoisotopic (exact) mass is 213 g/mol. The number of amides is 1. The van der Waals surface area contributed by atoms with Crippen molar-refractivity contribution in [3.05, 3.63) is 11.6 Å². The number of carbonyl (C=O) groups is 2. The maximum absolute atomic E-state index is 11.6. The largest absolute Gasteiger partial charge is 0.465 e. The third kappa shape index (κ3) is 5.20. The lowest BCUT2D eigenvalue weighted by Gasteiger charge is -2.16. The molecule has 0 atom stereocenters. The van der Waals surface area contributed by atoms with Crippen molar-refractivity contribution in [2.24, 2.45) is 0 Å². The first kappa shape index (κ1) is 13.7. The van der Waals surface area contributed by atoms with Gasteiger partial charge in [-0.2, -0.15) is 0 Å². The average molecular weight is 213 g/mol. The van der Waals surface area contributed by atoms with Crippen LogP contribution in [-0.2, 0) is 14.3 Å². The van der Waals surface area contributed by atoms with Crippen LogP contribution in [0.2, 0.25) is 0 Å². The molecular formula is C11H19NO3. The van der Waals surface area contributed by atoms with Gasteiger partial charge in [0.15, 0.2) is 0 Å². The maximum Gasteiger partial charge on any atom is 0.325 e. The molecule has 0 spiro atoms. The van der Waals surface area contributed by atoms with Gasteiger partial charge in [0.05, 0.1) is 6.61 Å². The number of hydrogen-bond donors (Lipinski definition) is 0. The Hall–Kier alpha value is -1.32. The summed E-state index contributed by atoms with van der Waals surface area (Å²) in [4.78, 5) is 24.1. The minimum Gasteiger partial charge on any atom is -0.465 e. The third-order valence-corrected chi connectivity index (χ3v) is 1.87. The number of hydrogen-bond acceptors (Lipinski definition) is 3. The first-order chi connectivity index (χ1) is 7.02. The Morgan fingerprint density at radius 2 is 1.93 bits per heavy atom. The number of nitrogens with zero attached hydrogens (tertiary/aromatic N) is 1. The van der Waals surface area contributed by atoms with Crippen LogP contribution in [-0.4, -0.2) is 37.0 Å². The van der Waals surface area contributed by atoms with Crippen LogP contribution >= 0.6 is 0 Å². The number of esters is 1. The Bertz CT molecular complexity index is 259. The molecule has 0 saturated heterocycles. The van der Waals surface area contributed by atoms with Gasteiger partial charge in [0.2, 0.25) is 5.91 Å². The molecule has 0 bridgehead atoms. The van der Waals surface area contributed by atoms with E-state index in [9.17, 15) is 9.59 Å². The Morgan fingerprint density at radius 3 is 2.40 bits per heavy atom. The Kier molecular flexibility index (Phi) is 6.42. The highest BCUT2D eigenvalue weighted by Gasteiger charge is 2.14. The van der Waals surface area contributed by atoms with Crippen LogP contribution in [0.4, 0.5) is 0 Å². The summed E-state index contributed by atoms with van der Waals surface area (Å²) in [5.41, 5.74) is 0.657. The summed E-state index contributed by atoms with van der Waals surface area (Å²) in [6.07, 6.45) is 2.65. The van der Waals surface area contributed by atoms with E-state index in [1.165, 1.54) is 4.90 Å². The van der Waals surface area contributed by atoms with Gasteiger partial charge in [-0.05, 0) is 20.3 Å². The van der Waals surface area contributed by atoms with Crippen molar-refractivity contribution >= 4 is 11.9 Å². The lowest BCUT2D eigenvalue weighted by Crippen LogP contribution is -2.33. The highest BCUT2D eigenvalue weighted by Crippen LogP contribution is 2.00. The zero-order valence-electron chi connectivity index (χ0n) is 9.87. The molecule has 0 aliphatic carbocycles. The first-order valence-corrected chi connectivity index (χ1v) is 5.10. The lowest BCUT2D eigenvalue weighted by atomic mass is 10.2. The number of ether oxygens (including phenoxy) is 1. The Morgan fingerprint density at radius 1 is 1.33 bits per heavy atom. The van der Waals surface area contributed by atoms with Crippen LogP contribution in [0.25, 0.3) is 0 Å². The van der Waals surface area contributed by atoms with Gasteiger partial charge in [0, 0.05) is 12.6 Å². The van der Waals surface area contributed by atoms with E-state index in [1.54, 1.807) is 20.9 Å². The molecule has 0 rings (SSSR count). The van der Waals surface area contributed by atoms with E-state index in [1.807, 2.05) is 13.0 Å². The van der Waals surface area contributed by atoms with Gasteiger partial charge in [0.1, 0.15) is 6.54 Å². The van der Waals surface area contributed by atoms with Gasteiger partial charge >= 0.3 is 5.97 Å². The third-order valence-electron chi connectivity index (χ3n) is 1.87. The van der Waals surface area contributed by atoms with Crippen LogP contribution < -0.4 is 0 Å². The highest BCUT2D eigenvalue weighted by atomic mass is 16.5. The number of rotatable bonds is 5. The zero-order valence-corrected chi connectivity index (χ0v) is 9.87. The summed E-state index contributed by atoms with van der Waals surface area (Å²) in [7, 11) is 1.59. The van der Waals surface area contributed by atoms with Gasteiger partial charge in [-0.15, -0.1) is 0 Å². The molecule has 0 fully saturated rings. The first-order valence-electron chi connectivity index (χ1n) is 5.10. The minimum absolute atomic E-state index is 0.00156. The van der Waals surface area contributed by atoms with Gasteiger partial charge in [-0.1, -0.05) is 13.0 Å². The predicted molar refractivity (Wildman–Crippen MR) is 58.3 cm³/mol. The van der Waals surface area contributed by atoms with Gasteiger partial charge in [-0.25, -0.2) is 0 Å². The second kappa shape index (κ2) is 7.04. The van der Waals surface area contributed by atoms with Crippen molar-refractivity contribution in [1.82, 2.24) is 4.90 Å². The lowest BCUT2D eigenvalue weighted by molar-refractivity contribution is -0.147. The van der Waals surface area contributed by atoms with Crippen molar-refractivity contribution in [3.63, 3.8) is 0 Å². The smallest absolute Gasteiger partial charge is 0.325 e. The Labute approximate surface area is 90.9 Å². The summed E-state index contributed by atoms with van der Waals surface area (Å²) in [6.45, 7) is 5.78. The van der Waals surface area contributed by atoms with E-state index in [0.29, 0.717) is 12.2 Å². The van der Waals surface area contributed by atoms with Crippen LogP contribution in [0.15, 0.2) is 11.6 Å². The SMILES string of the molecule is CCC=C(C)C(=O)N(C)CC(=O)OCC. The molecule has 0 radical (unpaired) electrons. The highest BCUT2D eigenvalue weighted by molar-refractivity contribution is 5.94. The van der Waals surface area contributed by atoms with Crippen LogP contribution in [0.5, 0.6) is 0 Å². The van der Waals surface area contributed by atoms with Gasteiger partial charge in [-0.3, -0.25) is 9.59 Å². The molecular weight excluding hydrogens is 194 g/mol. The summed E-state index contributed by atoms with van der Waals surface area (Å²) in [6, 6.07) is 0. The fourth-order valence-corrected chi connectivity index (χ4v) is 1.17. The van der Waals surface area contributed by atoms with E-state index < -0.39 is 0 Å². The topological polar surface area (TPSA) is 46.6 Å². The second-order valence-electron chi connectivity index (χ2n) is 3.26. The molecule has 86 valence electrons. The van der Waals surface area contributed by atoms with Gasteiger partial charge < -0.3 is 9.64 Å². The predicted octanol–water partition coefficient (Wildman–Crippen LogP) is 1.36. The van der Waals surface area contributed by atoms with Crippen LogP contribution in [0.3, 0.4) is 0 Å². The van der Waals surface area contributed by atoms with E-state index in [2.05, 4.69) is 0 Å². The molecule has 0 aliphatic rings. The normalized spacial score (nSPS) is 11.1. The van der Waals surface area contributed by atoms with Crippen LogP contribution in [0, 0.1) is 0 Å². The van der Waals surface area contributed by atoms with E-state index >= 15 is 0 Å². The molecule has 15 heavy (non-hydrogen) atoms. The average Bonchev–Trinajstić information content (AvgIpc) is 2.17. The molecule has 0 N–H and O–H groups in total. The van der Waals surface area contributed by atoms with E-state index in [-0.39, 0.29) is 18.4 Å². The van der Waals surface area contributed by atoms with E-state index in [4.69, 9.17) is 4.74 Å². The second-order valence-corrected chi connectivity index (χ2v) is 3.26. The van der Waals surface area contributed by atoms with Crippen molar-refractivity contribution in [2.45, 2.75) is 27.2 Å². The summed E-state index contributed by atoms with van der Waals surface area (Å²) in [5.74, 6) is -0.512. The van der Waals surface area contributed by atoms with Crippen molar-refractivity contribution in [1.29, 1.82) is 0 Å². The number of likely N-dealkylation sites (N-methyl/N-ethyl adjacent to an activating group) is 1. The minimum atomic E-state index is -0.377. The molecule has 0 unspecified atom stereocenters. The molecule has 0 aromatic heterocycles. The summed E-state index contributed by atoms with van der Waals surface area (Å²) < 4.78 is 4.75. The number of allylic oxidation sites excluding steroid dienone is 1. The van der Waals surface area contributed by atoms with Crippen molar-refractivity contribution in [2.75, 3.05) is 20.2 Å². The molecule has 0 aromatic carbocycles. The molecule has 4 heteroatoms. The standard InChI is InChI=1S/C11H19NO3/c1-5-7-9(3)11(14)12(4)8-10(13)15-6-2/h7H,5-6,8H2,1-4H3. The maximum atomic E-state index is 11.6. The molecule has 0 aliphatic heterocycles. The quantitative estimate of drug-likeness (QED) is 0.512.